The lowest BCUT2D eigenvalue weighted by atomic mass is 10.0. The van der Waals surface area contributed by atoms with Crippen LogP contribution in [0.1, 0.15) is 32.6 Å². The van der Waals surface area contributed by atoms with Crippen molar-refractivity contribution in [2.24, 2.45) is 5.73 Å². The molecule has 0 spiro atoms. The molecule has 0 aromatic carbocycles. The third-order valence-electron chi connectivity index (χ3n) is 4.26. The smallest absolute Gasteiger partial charge is 0.0975 e. The van der Waals surface area contributed by atoms with Gasteiger partial charge in [-0.3, -0.25) is 9.80 Å². The highest BCUT2D eigenvalue weighted by Gasteiger charge is 2.32. The number of nitrogens with zero attached hydrogens (tertiary/aromatic N) is 3. The summed E-state index contributed by atoms with van der Waals surface area (Å²) in [5.41, 5.74) is 5.93. The van der Waals surface area contributed by atoms with Gasteiger partial charge >= 0.3 is 0 Å². The zero-order chi connectivity index (χ0) is 12.3. The standard InChI is InChI=1S/C13H24N4/c1-2-12(9-14)17-8-5-13(10-17)16-6-3-11(15)4-7-16/h11-13H,2-8,10,15H2,1H3. The third kappa shape index (κ3) is 2.98. The van der Waals surface area contributed by atoms with Gasteiger partial charge in [0.05, 0.1) is 12.1 Å². The van der Waals surface area contributed by atoms with Crippen molar-refractivity contribution >= 4 is 0 Å². The molecule has 96 valence electrons. The summed E-state index contributed by atoms with van der Waals surface area (Å²) in [6.07, 6.45) is 4.42. The van der Waals surface area contributed by atoms with Crippen molar-refractivity contribution < 1.29 is 0 Å². The average Bonchev–Trinajstić information content (AvgIpc) is 2.81. The van der Waals surface area contributed by atoms with Crippen molar-refractivity contribution in [1.29, 1.82) is 5.26 Å². The minimum atomic E-state index is 0.118. The van der Waals surface area contributed by atoms with Crippen LogP contribution in [0.25, 0.3) is 0 Å². The van der Waals surface area contributed by atoms with E-state index in [9.17, 15) is 0 Å². The van der Waals surface area contributed by atoms with E-state index in [0.717, 1.165) is 45.4 Å². The summed E-state index contributed by atoms with van der Waals surface area (Å²) in [4.78, 5) is 4.92. The van der Waals surface area contributed by atoms with Gasteiger partial charge in [-0.1, -0.05) is 6.92 Å². The highest BCUT2D eigenvalue weighted by atomic mass is 15.3. The van der Waals surface area contributed by atoms with Gasteiger partial charge in [0, 0.05) is 25.2 Å². The fourth-order valence-corrected chi connectivity index (χ4v) is 3.06. The van der Waals surface area contributed by atoms with E-state index in [4.69, 9.17) is 11.0 Å². The summed E-state index contributed by atoms with van der Waals surface area (Å²) in [7, 11) is 0. The molecule has 0 bridgehead atoms. The largest absolute Gasteiger partial charge is 0.328 e. The number of nitrogens with two attached hydrogens (primary N) is 1. The molecule has 2 aliphatic rings. The van der Waals surface area contributed by atoms with E-state index >= 15 is 0 Å². The Bertz CT molecular complexity index is 278. The Hall–Kier alpha value is -0.630. The van der Waals surface area contributed by atoms with Crippen LogP contribution in [0.4, 0.5) is 0 Å². The Morgan fingerprint density at radius 2 is 2.00 bits per heavy atom. The summed E-state index contributed by atoms with van der Waals surface area (Å²) in [5, 5.41) is 9.10. The van der Waals surface area contributed by atoms with Gasteiger partial charge in [0.2, 0.25) is 0 Å². The Balaban J connectivity index is 1.83. The van der Waals surface area contributed by atoms with Gasteiger partial charge in [-0.05, 0) is 38.8 Å². The van der Waals surface area contributed by atoms with Crippen molar-refractivity contribution in [2.75, 3.05) is 26.2 Å². The van der Waals surface area contributed by atoms with E-state index in [0.29, 0.717) is 12.1 Å². The van der Waals surface area contributed by atoms with Crippen LogP contribution in [-0.4, -0.2) is 54.1 Å². The van der Waals surface area contributed by atoms with Gasteiger partial charge in [-0.2, -0.15) is 5.26 Å². The molecule has 2 unspecified atom stereocenters. The molecule has 2 saturated heterocycles. The van der Waals surface area contributed by atoms with E-state index in [-0.39, 0.29) is 6.04 Å². The molecule has 2 fully saturated rings. The summed E-state index contributed by atoms with van der Waals surface area (Å²) < 4.78 is 0. The highest BCUT2D eigenvalue weighted by molar-refractivity contribution is 4.96. The third-order valence-corrected chi connectivity index (χ3v) is 4.26. The monoisotopic (exact) mass is 236 g/mol. The second-order valence-corrected chi connectivity index (χ2v) is 5.36. The summed E-state index contributed by atoms with van der Waals surface area (Å²) in [5.74, 6) is 0. The maximum absolute atomic E-state index is 9.10. The first kappa shape index (κ1) is 12.8. The highest BCUT2D eigenvalue weighted by Crippen LogP contribution is 2.22. The molecule has 2 aliphatic heterocycles. The van der Waals surface area contributed by atoms with Crippen LogP contribution in [0.2, 0.25) is 0 Å². The summed E-state index contributed by atoms with van der Waals surface area (Å²) in [6.45, 7) is 6.54. The molecule has 0 amide bonds. The first-order chi connectivity index (χ1) is 8.24. The number of rotatable bonds is 3. The number of hydrogen-bond donors (Lipinski definition) is 1. The number of nitriles is 1. The molecule has 2 atom stereocenters. The van der Waals surface area contributed by atoms with Crippen LogP contribution in [0.15, 0.2) is 0 Å². The molecule has 0 aliphatic carbocycles. The second-order valence-electron chi connectivity index (χ2n) is 5.36. The van der Waals surface area contributed by atoms with Crippen LogP contribution in [0.3, 0.4) is 0 Å². The van der Waals surface area contributed by atoms with E-state index in [2.05, 4.69) is 22.8 Å². The van der Waals surface area contributed by atoms with E-state index < -0.39 is 0 Å². The zero-order valence-corrected chi connectivity index (χ0v) is 10.8. The van der Waals surface area contributed by atoms with Crippen molar-refractivity contribution in [1.82, 2.24) is 9.80 Å². The Kier molecular flexibility index (Phi) is 4.38. The molecule has 0 saturated carbocycles. The molecular formula is C13H24N4. The molecule has 0 radical (unpaired) electrons. The number of likely N-dealkylation sites (tertiary alicyclic amines) is 2. The topological polar surface area (TPSA) is 56.3 Å². The van der Waals surface area contributed by atoms with Crippen LogP contribution >= 0.6 is 0 Å². The van der Waals surface area contributed by atoms with E-state index in [1.54, 1.807) is 0 Å². The fraction of sp³-hybridized carbons (Fsp3) is 0.923. The zero-order valence-electron chi connectivity index (χ0n) is 10.8. The van der Waals surface area contributed by atoms with Crippen LogP contribution in [-0.2, 0) is 0 Å². The molecule has 0 aromatic rings. The molecule has 0 aromatic heterocycles. The van der Waals surface area contributed by atoms with Crippen molar-refractivity contribution in [3.05, 3.63) is 0 Å². The molecule has 2 rings (SSSR count). The molecule has 2 N–H and O–H groups in total. The molecule has 17 heavy (non-hydrogen) atoms. The molecule has 2 heterocycles. The molecule has 4 heteroatoms. The van der Waals surface area contributed by atoms with Crippen LogP contribution < -0.4 is 5.73 Å². The average molecular weight is 236 g/mol. The second kappa shape index (κ2) is 5.81. The first-order valence-corrected chi connectivity index (χ1v) is 6.88. The quantitative estimate of drug-likeness (QED) is 0.787. The van der Waals surface area contributed by atoms with Crippen molar-refractivity contribution in [3.8, 4) is 6.07 Å². The predicted octanol–water partition coefficient (Wildman–Crippen LogP) is 0.786. The Morgan fingerprint density at radius 1 is 1.29 bits per heavy atom. The van der Waals surface area contributed by atoms with Gasteiger partial charge in [0.15, 0.2) is 0 Å². The van der Waals surface area contributed by atoms with Crippen molar-refractivity contribution in [3.63, 3.8) is 0 Å². The lowest BCUT2D eigenvalue weighted by Gasteiger charge is -2.35. The lowest BCUT2D eigenvalue weighted by Crippen LogP contribution is -2.46. The van der Waals surface area contributed by atoms with Gasteiger partial charge in [0.25, 0.3) is 0 Å². The Labute approximate surface area is 104 Å². The normalized spacial score (nSPS) is 30.3. The van der Waals surface area contributed by atoms with E-state index in [1.807, 2.05) is 0 Å². The Morgan fingerprint density at radius 3 is 2.59 bits per heavy atom. The SMILES string of the molecule is CCC(C#N)N1CCC(N2CCC(N)CC2)C1. The van der Waals surface area contributed by atoms with E-state index in [1.165, 1.54) is 6.42 Å². The van der Waals surface area contributed by atoms with Gasteiger partial charge < -0.3 is 5.73 Å². The van der Waals surface area contributed by atoms with Crippen LogP contribution in [0.5, 0.6) is 0 Å². The fourth-order valence-electron chi connectivity index (χ4n) is 3.06. The maximum Gasteiger partial charge on any atom is 0.0975 e. The first-order valence-electron chi connectivity index (χ1n) is 6.88. The molecular weight excluding hydrogens is 212 g/mol. The summed E-state index contributed by atoms with van der Waals surface area (Å²) >= 11 is 0. The predicted molar refractivity (Wildman–Crippen MR) is 68.5 cm³/mol. The minimum absolute atomic E-state index is 0.118. The van der Waals surface area contributed by atoms with Gasteiger partial charge in [0.1, 0.15) is 0 Å². The minimum Gasteiger partial charge on any atom is -0.328 e. The van der Waals surface area contributed by atoms with Crippen LogP contribution in [0, 0.1) is 11.3 Å². The number of hydrogen-bond acceptors (Lipinski definition) is 4. The number of piperidine rings is 1. The molecule has 4 nitrogen and oxygen atoms in total. The van der Waals surface area contributed by atoms with Gasteiger partial charge in [-0.25, -0.2) is 0 Å². The summed E-state index contributed by atoms with van der Waals surface area (Å²) in [6, 6.07) is 3.60. The van der Waals surface area contributed by atoms with Crippen molar-refractivity contribution in [2.45, 2.75) is 50.7 Å². The van der Waals surface area contributed by atoms with Gasteiger partial charge in [-0.15, -0.1) is 0 Å². The maximum atomic E-state index is 9.10. The lowest BCUT2D eigenvalue weighted by molar-refractivity contribution is 0.148.